The van der Waals surface area contributed by atoms with Crippen LogP contribution in [0.3, 0.4) is 0 Å². The fourth-order valence-corrected chi connectivity index (χ4v) is 2.77. The van der Waals surface area contributed by atoms with Gasteiger partial charge in [-0.3, -0.25) is 4.79 Å². The lowest BCUT2D eigenvalue weighted by Gasteiger charge is -2.28. The van der Waals surface area contributed by atoms with Crippen molar-refractivity contribution in [3.63, 3.8) is 0 Å². The van der Waals surface area contributed by atoms with Crippen LogP contribution < -0.4 is 11.1 Å². The highest BCUT2D eigenvalue weighted by Gasteiger charge is 2.47. The molecule has 0 aromatic heterocycles. The molecule has 1 aliphatic rings. The Balaban J connectivity index is 1.81. The lowest BCUT2D eigenvalue weighted by molar-refractivity contribution is -0.126. The Morgan fingerprint density at radius 2 is 1.64 bits per heavy atom. The maximum absolute atomic E-state index is 12.8. The van der Waals surface area contributed by atoms with E-state index >= 15 is 0 Å². The lowest BCUT2D eigenvalue weighted by atomic mass is 9.83. The zero-order valence-electron chi connectivity index (χ0n) is 13.1. The van der Waals surface area contributed by atoms with E-state index in [-0.39, 0.29) is 11.4 Å². The Morgan fingerprint density at radius 3 is 2.18 bits per heavy atom. The normalized spacial score (nSPS) is 16.1. The maximum atomic E-state index is 12.8. The van der Waals surface area contributed by atoms with Gasteiger partial charge in [0, 0.05) is 5.69 Å². The van der Waals surface area contributed by atoms with Crippen molar-refractivity contribution in [3.8, 4) is 0 Å². The molecule has 0 radical (unpaired) electrons. The number of rotatable bonds is 4. The van der Waals surface area contributed by atoms with Crippen LogP contribution in [0.5, 0.6) is 0 Å². The molecule has 0 bridgehead atoms. The van der Waals surface area contributed by atoms with Gasteiger partial charge in [-0.2, -0.15) is 0 Å². The quantitative estimate of drug-likeness (QED) is 0.850. The van der Waals surface area contributed by atoms with Gasteiger partial charge in [-0.05, 0) is 49.9 Å². The molecule has 3 nitrogen and oxygen atoms in total. The number of nitrogen functional groups attached to an aromatic ring is 1. The van der Waals surface area contributed by atoms with Crippen LogP contribution in [0.2, 0.25) is 0 Å². The van der Waals surface area contributed by atoms with Gasteiger partial charge in [-0.25, -0.2) is 0 Å². The van der Waals surface area contributed by atoms with Gasteiger partial charge in [0.05, 0.1) is 11.0 Å². The van der Waals surface area contributed by atoms with Crippen LogP contribution in [-0.2, 0) is 15.7 Å². The van der Waals surface area contributed by atoms with E-state index in [0.717, 1.165) is 18.4 Å². The van der Waals surface area contributed by atoms with Crippen LogP contribution in [-0.4, -0.2) is 5.91 Å². The molecule has 0 aliphatic heterocycles. The average Bonchev–Trinajstić information content (AvgIpc) is 3.29. The molecule has 1 aliphatic carbocycles. The number of nitrogens with two attached hydrogens (primary N) is 1. The van der Waals surface area contributed by atoms with Crippen molar-refractivity contribution in [1.29, 1.82) is 0 Å². The summed E-state index contributed by atoms with van der Waals surface area (Å²) >= 11 is 0. The number of benzene rings is 2. The third kappa shape index (κ3) is 2.59. The van der Waals surface area contributed by atoms with Gasteiger partial charge in [0.15, 0.2) is 0 Å². The first kappa shape index (κ1) is 14.6. The second-order valence-corrected chi connectivity index (χ2v) is 6.65. The highest BCUT2D eigenvalue weighted by molar-refractivity contribution is 5.88. The number of nitrogens with one attached hydrogen (secondary N) is 1. The Labute approximate surface area is 131 Å². The van der Waals surface area contributed by atoms with Gasteiger partial charge in [0.2, 0.25) is 5.91 Å². The first-order valence-corrected chi connectivity index (χ1v) is 7.68. The molecule has 114 valence electrons. The predicted molar refractivity (Wildman–Crippen MR) is 89.4 cm³/mol. The summed E-state index contributed by atoms with van der Waals surface area (Å²) in [5.74, 6) is 0.0543. The topological polar surface area (TPSA) is 55.1 Å². The fraction of sp³-hybridized carbons (Fsp3) is 0.316. The zero-order chi connectivity index (χ0) is 15.8. The minimum absolute atomic E-state index is 0.0543. The highest BCUT2D eigenvalue weighted by atomic mass is 16.2. The predicted octanol–water partition coefficient (Wildman–Crippen LogP) is 3.35. The van der Waals surface area contributed by atoms with Gasteiger partial charge in [-0.15, -0.1) is 0 Å². The van der Waals surface area contributed by atoms with E-state index in [9.17, 15) is 4.79 Å². The summed E-state index contributed by atoms with van der Waals surface area (Å²) in [6, 6.07) is 17.8. The summed E-state index contributed by atoms with van der Waals surface area (Å²) in [5.41, 5.74) is 7.85. The molecule has 0 spiro atoms. The van der Waals surface area contributed by atoms with Gasteiger partial charge < -0.3 is 11.1 Å². The summed E-state index contributed by atoms with van der Waals surface area (Å²) in [5, 5.41) is 3.27. The van der Waals surface area contributed by atoms with E-state index in [1.54, 1.807) is 0 Å². The molecular weight excluding hydrogens is 272 g/mol. The number of anilines is 1. The molecule has 3 heteroatoms. The second kappa shape index (κ2) is 5.16. The van der Waals surface area contributed by atoms with Crippen molar-refractivity contribution in [2.24, 2.45) is 0 Å². The molecule has 1 amide bonds. The molecule has 22 heavy (non-hydrogen) atoms. The molecule has 2 aromatic carbocycles. The zero-order valence-corrected chi connectivity index (χ0v) is 13.1. The van der Waals surface area contributed by atoms with Crippen LogP contribution in [0.25, 0.3) is 0 Å². The molecule has 3 N–H and O–H groups in total. The molecular formula is C19H22N2O. The smallest absolute Gasteiger partial charge is 0.230 e. The number of hydrogen-bond acceptors (Lipinski definition) is 2. The standard InChI is InChI=1S/C19H22N2O/c1-18(2,14-8-10-16(20)11-9-14)17(22)21-19(12-13-19)15-6-4-3-5-7-15/h3-11H,12-13,20H2,1-2H3,(H,21,22). The highest BCUT2D eigenvalue weighted by Crippen LogP contribution is 2.46. The van der Waals surface area contributed by atoms with Crippen LogP contribution in [0.15, 0.2) is 54.6 Å². The summed E-state index contributed by atoms with van der Waals surface area (Å²) < 4.78 is 0. The Kier molecular flexibility index (Phi) is 3.44. The summed E-state index contributed by atoms with van der Waals surface area (Å²) in [6.45, 7) is 3.91. The SMILES string of the molecule is CC(C)(C(=O)NC1(c2ccccc2)CC1)c1ccc(N)cc1. The molecule has 0 unspecified atom stereocenters. The monoisotopic (exact) mass is 294 g/mol. The molecule has 1 saturated carbocycles. The van der Waals surface area contributed by atoms with Gasteiger partial charge in [0.25, 0.3) is 0 Å². The van der Waals surface area contributed by atoms with E-state index in [0.29, 0.717) is 5.69 Å². The maximum Gasteiger partial charge on any atom is 0.230 e. The average molecular weight is 294 g/mol. The first-order valence-electron chi connectivity index (χ1n) is 7.68. The Hall–Kier alpha value is -2.29. The van der Waals surface area contributed by atoms with Crippen molar-refractivity contribution in [3.05, 3.63) is 65.7 Å². The van der Waals surface area contributed by atoms with Gasteiger partial charge >= 0.3 is 0 Å². The van der Waals surface area contributed by atoms with Gasteiger partial charge in [0.1, 0.15) is 0 Å². The molecule has 0 atom stereocenters. The van der Waals surface area contributed by atoms with Gasteiger partial charge in [-0.1, -0.05) is 42.5 Å². The lowest BCUT2D eigenvalue weighted by Crippen LogP contribution is -2.45. The fourth-order valence-electron chi connectivity index (χ4n) is 2.77. The van der Waals surface area contributed by atoms with Crippen LogP contribution in [0, 0.1) is 0 Å². The van der Waals surface area contributed by atoms with Crippen LogP contribution >= 0.6 is 0 Å². The first-order chi connectivity index (χ1) is 10.4. The van der Waals surface area contributed by atoms with E-state index in [2.05, 4.69) is 17.4 Å². The van der Waals surface area contributed by atoms with E-state index in [1.165, 1.54) is 5.56 Å². The molecule has 2 aromatic rings. The van der Waals surface area contributed by atoms with Crippen molar-refractivity contribution in [2.45, 2.75) is 37.6 Å². The van der Waals surface area contributed by atoms with Crippen LogP contribution in [0.4, 0.5) is 5.69 Å². The van der Waals surface area contributed by atoms with E-state index in [4.69, 9.17) is 5.73 Å². The summed E-state index contributed by atoms with van der Waals surface area (Å²) in [6.07, 6.45) is 2.00. The minimum Gasteiger partial charge on any atom is -0.399 e. The number of amides is 1. The van der Waals surface area contributed by atoms with Crippen molar-refractivity contribution < 1.29 is 4.79 Å². The number of hydrogen-bond donors (Lipinski definition) is 2. The molecule has 0 heterocycles. The van der Waals surface area contributed by atoms with E-state index < -0.39 is 5.41 Å². The largest absolute Gasteiger partial charge is 0.399 e. The molecule has 3 rings (SSSR count). The third-order valence-corrected chi connectivity index (χ3v) is 4.63. The third-order valence-electron chi connectivity index (χ3n) is 4.63. The number of carbonyl (C=O) groups excluding carboxylic acids is 1. The summed E-state index contributed by atoms with van der Waals surface area (Å²) in [4.78, 5) is 12.8. The van der Waals surface area contributed by atoms with Crippen LogP contribution in [0.1, 0.15) is 37.8 Å². The van der Waals surface area contributed by atoms with Crippen molar-refractivity contribution >= 4 is 11.6 Å². The minimum atomic E-state index is -0.585. The van der Waals surface area contributed by atoms with E-state index in [1.807, 2.05) is 56.3 Å². The van der Waals surface area contributed by atoms with Crippen molar-refractivity contribution in [2.75, 3.05) is 5.73 Å². The Morgan fingerprint density at radius 1 is 1.05 bits per heavy atom. The van der Waals surface area contributed by atoms with Crippen molar-refractivity contribution in [1.82, 2.24) is 5.32 Å². The number of carbonyl (C=O) groups is 1. The molecule has 1 fully saturated rings. The molecule has 0 saturated heterocycles. The summed E-state index contributed by atoms with van der Waals surface area (Å²) in [7, 11) is 0. The second-order valence-electron chi connectivity index (χ2n) is 6.65. The Bertz CT molecular complexity index is 670.